The molecule has 0 bridgehead atoms. The van der Waals surface area contributed by atoms with Crippen molar-refractivity contribution in [2.24, 2.45) is 22.2 Å². The first-order chi connectivity index (χ1) is 14.0. The van der Waals surface area contributed by atoms with Crippen LogP contribution >= 0.6 is 0 Å². The van der Waals surface area contributed by atoms with Gasteiger partial charge in [-0.05, 0) is 86.5 Å². The number of esters is 1. The summed E-state index contributed by atoms with van der Waals surface area (Å²) in [6, 6.07) is 4.48. The highest BCUT2D eigenvalue weighted by Gasteiger charge is 2.56. The molecule has 0 saturated heterocycles. The summed E-state index contributed by atoms with van der Waals surface area (Å²) in [5, 5.41) is 0. The molecule has 156 valence electrons. The molecular formula is C24H31NO4. The first kappa shape index (κ1) is 19.0. The van der Waals surface area contributed by atoms with E-state index in [1.807, 2.05) is 6.92 Å². The van der Waals surface area contributed by atoms with E-state index in [9.17, 15) is 4.79 Å². The van der Waals surface area contributed by atoms with Gasteiger partial charge in [-0.3, -0.25) is 4.79 Å². The van der Waals surface area contributed by atoms with Crippen molar-refractivity contribution < 1.29 is 19.0 Å². The van der Waals surface area contributed by atoms with Crippen LogP contribution < -0.4 is 4.74 Å². The van der Waals surface area contributed by atoms with Crippen molar-refractivity contribution in [3.63, 3.8) is 0 Å². The first-order valence-corrected chi connectivity index (χ1v) is 11.2. The van der Waals surface area contributed by atoms with Gasteiger partial charge in [-0.25, -0.2) is 4.99 Å². The highest BCUT2D eigenvalue weighted by atomic mass is 16.5. The summed E-state index contributed by atoms with van der Waals surface area (Å²) in [5.74, 6) is 3.30. The molecule has 2 fully saturated rings. The predicted molar refractivity (Wildman–Crippen MR) is 111 cm³/mol. The lowest BCUT2D eigenvalue weighted by atomic mass is 9.55. The molecule has 2 saturated carbocycles. The van der Waals surface area contributed by atoms with E-state index in [-0.39, 0.29) is 17.5 Å². The van der Waals surface area contributed by atoms with E-state index in [1.165, 1.54) is 24.0 Å². The Labute approximate surface area is 172 Å². The second kappa shape index (κ2) is 7.03. The summed E-state index contributed by atoms with van der Waals surface area (Å²) >= 11 is 0. The standard InChI is InChI=1S/C24H31NO4/c1-4-27-23-13-28-21-11-15-5-6-17-16(18(15)12-20(21)25-23)9-10-24(3)19(17)7-8-22(24)29-14(2)26/h11-12,16-17,19,22H,4-10,13H2,1-3H3/t16-,17+,19-,22-,24-/m0/s1. The lowest BCUT2D eigenvalue weighted by molar-refractivity contribution is -0.154. The van der Waals surface area contributed by atoms with Gasteiger partial charge in [0.05, 0.1) is 6.61 Å². The number of hydrogen-bond acceptors (Lipinski definition) is 5. The summed E-state index contributed by atoms with van der Waals surface area (Å²) in [7, 11) is 0. The fraction of sp³-hybridized carbons (Fsp3) is 0.667. The molecule has 0 radical (unpaired) electrons. The van der Waals surface area contributed by atoms with Gasteiger partial charge in [0.2, 0.25) is 5.90 Å². The van der Waals surface area contributed by atoms with E-state index in [0.29, 0.717) is 36.9 Å². The largest absolute Gasteiger partial charge is 0.482 e. The van der Waals surface area contributed by atoms with E-state index in [4.69, 9.17) is 19.2 Å². The minimum absolute atomic E-state index is 0.0858. The van der Waals surface area contributed by atoms with Crippen molar-refractivity contribution >= 4 is 17.6 Å². The molecule has 5 rings (SSSR count). The fourth-order valence-corrected chi connectivity index (χ4v) is 6.68. The first-order valence-electron chi connectivity index (χ1n) is 11.2. The van der Waals surface area contributed by atoms with Gasteiger partial charge in [0, 0.05) is 12.3 Å². The van der Waals surface area contributed by atoms with Crippen LogP contribution in [0.25, 0.3) is 0 Å². The van der Waals surface area contributed by atoms with Gasteiger partial charge in [0.1, 0.15) is 17.5 Å². The summed E-state index contributed by atoms with van der Waals surface area (Å²) in [6.07, 6.45) is 6.86. The molecule has 4 aliphatic rings. The van der Waals surface area contributed by atoms with Crippen molar-refractivity contribution in [1.29, 1.82) is 0 Å². The van der Waals surface area contributed by atoms with Gasteiger partial charge in [0.15, 0.2) is 6.61 Å². The number of rotatable bonds is 2. The monoisotopic (exact) mass is 397 g/mol. The highest BCUT2D eigenvalue weighted by Crippen LogP contribution is 2.62. The van der Waals surface area contributed by atoms with E-state index in [1.54, 1.807) is 6.92 Å². The van der Waals surface area contributed by atoms with Crippen molar-refractivity contribution in [3.05, 3.63) is 23.3 Å². The van der Waals surface area contributed by atoms with E-state index in [0.717, 1.165) is 37.1 Å². The van der Waals surface area contributed by atoms with Gasteiger partial charge in [-0.15, -0.1) is 0 Å². The number of aryl methyl sites for hydroxylation is 1. The Hall–Kier alpha value is -2.04. The van der Waals surface area contributed by atoms with Crippen LogP contribution in [0.1, 0.15) is 69.9 Å². The Balaban J connectivity index is 1.45. The Bertz CT molecular complexity index is 863. The van der Waals surface area contributed by atoms with Crippen molar-refractivity contribution in [3.8, 4) is 5.75 Å². The Morgan fingerprint density at radius 2 is 2.14 bits per heavy atom. The molecule has 1 aromatic rings. The van der Waals surface area contributed by atoms with E-state index in [2.05, 4.69) is 19.1 Å². The summed E-state index contributed by atoms with van der Waals surface area (Å²) in [4.78, 5) is 16.3. The number of carbonyl (C=O) groups is 1. The van der Waals surface area contributed by atoms with Crippen LogP contribution in [0.3, 0.4) is 0 Å². The van der Waals surface area contributed by atoms with Gasteiger partial charge < -0.3 is 14.2 Å². The molecule has 0 N–H and O–H groups in total. The Morgan fingerprint density at radius 1 is 1.28 bits per heavy atom. The molecule has 5 atom stereocenters. The molecule has 3 aliphatic carbocycles. The highest BCUT2D eigenvalue weighted by molar-refractivity contribution is 5.84. The number of carbonyl (C=O) groups excluding carboxylic acids is 1. The van der Waals surface area contributed by atoms with Crippen LogP contribution in [0.2, 0.25) is 0 Å². The van der Waals surface area contributed by atoms with Gasteiger partial charge in [-0.2, -0.15) is 0 Å². The smallest absolute Gasteiger partial charge is 0.302 e. The van der Waals surface area contributed by atoms with E-state index >= 15 is 0 Å². The molecule has 1 aromatic carbocycles. The molecule has 29 heavy (non-hydrogen) atoms. The third kappa shape index (κ3) is 3.04. The summed E-state index contributed by atoms with van der Waals surface area (Å²) in [6.45, 7) is 6.91. The molecular weight excluding hydrogens is 366 g/mol. The lowest BCUT2D eigenvalue weighted by Crippen LogP contribution is -2.45. The predicted octanol–water partition coefficient (Wildman–Crippen LogP) is 4.93. The number of aliphatic imine (C=N–C) groups is 1. The minimum Gasteiger partial charge on any atom is -0.482 e. The normalized spacial score (nSPS) is 34.7. The molecule has 1 heterocycles. The maximum absolute atomic E-state index is 11.6. The lowest BCUT2D eigenvalue weighted by Gasteiger charge is -2.50. The second-order valence-corrected chi connectivity index (χ2v) is 9.38. The molecule has 1 aliphatic heterocycles. The maximum Gasteiger partial charge on any atom is 0.302 e. The quantitative estimate of drug-likeness (QED) is 0.664. The van der Waals surface area contributed by atoms with Crippen LogP contribution in [-0.2, 0) is 20.7 Å². The topological polar surface area (TPSA) is 57.1 Å². The SMILES string of the molecule is CCOC1=Nc2cc3c(cc2OC1)CC[C@@H]1[C@@H]3CC[C@]2(C)[C@@H](OC(C)=O)CC[C@@H]12. The number of fused-ring (bicyclic) bond motifs is 6. The van der Waals surface area contributed by atoms with Crippen LogP contribution in [0.5, 0.6) is 5.75 Å². The molecule has 0 amide bonds. The Morgan fingerprint density at radius 3 is 2.93 bits per heavy atom. The summed E-state index contributed by atoms with van der Waals surface area (Å²) < 4.78 is 17.3. The summed E-state index contributed by atoms with van der Waals surface area (Å²) in [5.41, 5.74) is 3.93. The average Bonchev–Trinajstić information content (AvgIpc) is 3.02. The zero-order valence-corrected chi connectivity index (χ0v) is 17.7. The zero-order valence-electron chi connectivity index (χ0n) is 17.7. The van der Waals surface area contributed by atoms with Gasteiger partial charge in [0.25, 0.3) is 0 Å². The molecule has 5 heteroatoms. The van der Waals surface area contributed by atoms with Crippen LogP contribution in [0.4, 0.5) is 5.69 Å². The van der Waals surface area contributed by atoms with Gasteiger partial charge in [-0.1, -0.05) is 6.92 Å². The average molecular weight is 398 g/mol. The molecule has 0 aromatic heterocycles. The minimum atomic E-state index is -0.136. The third-order valence-electron chi connectivity index (χ3n) is 7.93. The van der Waals surface area contributed by atoms with Crippen LogP contribution in [-0.4, -0.2) is 31.2 Å². The number of nitrogens with zero attached hydrogens (tertiary/aromatic N) is 1. The zero-order chi connectivity index (χ0) is 20.2. The van der Waals surface area contributed by atoms with Crippen molar-refractivity contribution in [1.82, 2.24) is 0 Å². The fourth-order valence-electron chi connectivity index (χ4n) is 6.68. The number of ether oxygens (including phenoxy) is 3. The number of hydrogen-bond donors (Lipinski definition) is 0. The second-order valence-electron chi connectivity index (χ2n) is 9.38. The van der Waals surface area contributed by atoms with Crippen molar-refractivity contribution in [2.45, 2.75) is 71.3 Å². The number of benzene rings is 1. The third-order valence-corrected chi connectivity index (χ3v) is 7.93. The molecule has 5 nitrogen and oxygen atoms in total. The Kier molecular flexibility index (Phi) is 4.60. The molecule has 0 unspecified atom stereocenters. The van der Waals surface area contributed by atoms with Gasteiger partial charge >= 0.3 is 5.97 Å². The van der Waals surface area contributed by atoms with E-state index < -0.39 is 0 Å². The van der Waals surface area contributed by atoms with Crippen molar-refractivity contribution in [2.75, 3.05) is 13.2 Å². The van der Waals surface area contributed by atoms with Crippen LogP contribution in [0, 0.1) is 17.3 Å². The maximum atomic E-state index is 11.6. The van der Waals surface area contributed by atoms with Crippen LogP contribution in [0.15, 0.2) is 17.1 Å². The molecule has 0 spiro atoms.